The van der Waals surface area contributed by atoms with Gasteiger partial charge in [-0.15, -0.1) is 0 Å². The van der Waals surface area contributed by atoms with Crippen LogP contribution >= 0.6 is 11.6 Å². The summed E-state index contributed by atoms with van der Waals surface area (Å²) < 4.78 is 33.4. The minimum absolute atomic E-state index is 0.00799. The van der Waals surface area contributed by atoms with Gasteiger partial charge in [0.2, 0.25) is 20.8 Å². The maximum Gasteiger partial charge on any atom is 0.317 e. The molecule has 14 heteroatoms. The van der Waals surface area contributed by atoms with Gasteiger partial charge < -0.3 is 25.6 Å². The van der Waals surface area contributed by atoms with Gasteiger partial charge in [-0.2, -0.15) is 10.1 Å². The highest BCUT2D eigenvalue weighted by molar-refractivity contribution is 7.92. The summed E-state index contributed by atoms with van der Waals surface area (Å²) in [6.07, 6.45) is 6.97. The quantitative estimate of drug-likeness (QED) is 0.287. The van der Waals surface area contributed by atoms with Crippen LogP contribution in [0.25, 0.3) is 0 Å². The molecule has 1 aliphatic carbocycles. The number of nitrogens with zero attached hydrogens (tertiary/aromatic N) is 5. The number of halogens is 1. The topological polar surface area (TPSA) is 143 Å². The molecule has 1 aromatic carbocycles. The molecule has 12 nitrogen and oxygen atoms in total. The third-order valence-corrected chi connectivity index (χ3v) is 9.69. The predicted octanol–water partition coefficient (Wildman–Crippen LogP) is 4.98. The van der Waals surface area contributed by atoms with Crippen LogP contribution in [-0.4, -0.2) is 70.1 Å². The molecule has 0 spiro atoms. The lowest BCUT2D eigenvalue weighted by atomic mass is 9.89. The first-order chi connectivity index (χ1) is 20.0. The highest BCUT2D eigenvalue weighted by atomic mass is 35.5. The van der Waals surface area contributed by atoms with Crippen molar-refractivity contribution in [2.24, 2.45) is 7.05 Å². The normalized spacial score (nSPS) is 16.0. The third kappa shape index (κ3) is 6.73. The van der Waals surface area contributed by atoms with Gasteiger partial charge in [0.25, 0.3) is 0 Å². The lowest BCUT2D eigenvalue weighted by molar-refractivity contribution is 0.182. The number of anilines is 4. The second-order valence-corrected chi connectivity index (χ2v) is 13.8. The van der Waals surface area contributed by atoms with Crippen LogP contribution in [0.1, 0.15) is 57.9 Å². The van der Waals surface area contributed by atoms with E-state index >= 15 is 0 Å². The van der Waals surface area contributed by atoms with Gasteiger partial charge >= 0.3 is 6.03 Å². The summed E-state index contributed by atoms with van der Waals surface area (Å²) in [5, 5.41) is 12.8. The van der Waals surface area contributed by atoms with Crippen molar-refractivity contribution in [2.75, 3.05) is 30.3 Å². The number of nitrogens with one attached hydrogen (secondary N) is 3. The van der Waals surface area contributed by atoms with Crippen molar-refractivity contribution in [3.8, 4) is 5.75 Å². The molecule has 3 heterocycles. The van der Waals surface area contributed by atoms with Crippen molar-refractivity contribution < 1.29 is 17.9 Å². The number of carbonyl (C=O) groups excluding carboxylic acids is 1. The standard InChI is InChI=1S/C28H37ClN8O4S/c1-5-30-28(38)37-12-10-18(11-13-37)19-6-9-22(24(14-19)41-20-7-8-20)33-27-31-15-21(29)25(34-27)32-23-16-36(4)35-26(23)42(39,40)17(2)3/h6,9,14-18,20H,5,7-8,10-13H2,1-4H3,(H,30,38)(H2,31,32,33,34). The molecule has 2 fully saturated rings. The molecule has 5 rings (SSSR count). The summed E-state index contributed by atoms with van der Waals surface area (Å²) in [6, 6.07) is 6.10. The van der Waals surface area contributed by atoms with E-state index < -0.39 is 15.1 Å². The van der Waals surface area contributed by atoms with Crippen molar-refractivity contribution in [1.29, 1.82) is 0 Å². The van der Waals surface area contributed by atoms with E-state index in [2.05, 4.69) is 43.1 Å². The lowest BCUT2D eigenvalue weighted by Gasteiger charge is -2.32. The Morgan fingerprint density at radius 3 is 2.55 bits per heavy atom. The average Bonchev–Trinajstić information content (AvgIpc) is 3.70. The zero-order valence-corrected chi connectivity index (χ0v) is 25.8. The van der Waals surface area contributed by atoms with Crippen LogP contribution in [0.15, 0.2) is 35.6 Å². The van der Waals surface area contributed by atoms with E-state index in [0.717, 1.165) is 25.7 Å². The number of aromatic nitrogens is 4. The van der Waals surface area contributed by atoms with E-state index in [9.17, 15) is 13.2 Å². The number of urea groups is 1. The monoisotopic (exact) mass is 616 g/mol. The maximum absolute atomic E-state index is 12.9. The molecule has 1 saturated carbocycles. The molecular formula is C28H37ClN8O4S. The van der Waals surface area contributed by atoms with E-state index in [1.165, 1.54) is 16.4 Å². The molecule has 1 aliphatic heterocycles. The Labute approximate surface area is 251 Å². The molecular weight excluding hydrogens is 580 g/mol. The molecule has 2 aromatic heterocycles. The number of ether oxygens (including phenoxy) is 1. The second-order valence-electron chi connectivity index (χ2n) is 10.9. The van der Waals surface area contributed by atoms with Gasteiger partial charge in [-0.1, -0.05) is 17.7 Å². The Morgan fingerprint density at radius 2 is 1.88 bits per heavy atom. The van der Waals surface area contributed by atoms with Gasteiger partial charge in [0.1, 0.15) is 10.8 Å². The highest BCUT2D eigenvalue weighted by Crippen LogP contribution is 2.38. The Kier molecular flexibility index (Phi) is 8.78. The molecule has 1 saturated heterocycles. The average molecular weight is 617 g/mol. The molecule has 3 aromatic rings. The molecule has 0 bridgehead atoms. The second kappa shape index (κ2) is 12.3. The van der Waals surface area contributed by atoms with Crippen LogP contribution in [0.5, 0.6) is 5.75 Å². The van der Waals surface area contributed by atoms with Gasteiger partial charge in [0.15, 0.2) is 5.82 Å². The number of sulfone groups is 1. The number of amides is 2. The minimum atomic E-state index is -3.65. The van der Waals surface area contributed by atoms with E-state index in [0.29, 0.717) is 37.0 Å². The number of rotatable bonds is 10. The van der Waals surface area contributed by atoms with Crippen LogP contribution in [0.2, 0.25) is 5.02 Å². The summed E-state index contributed by atoms with van der Waals surface area (Å²) in [4.78, 5) is 22.9. The molecule has 226 valence electrons. The fourth-order valence-electron chi connectivity index (χ4n) is 4.79. The molecule has 0 atom stereocenters. The van der Waals surface area contributed by atoms with Gasteiger partial charge in [-0.3, -0.25) is 4.68 Å². The summed E-state index contributed by atoms with van der Waals surface area (Å²) in [6.45, 7) is 7.17. The highest BCUT2D eigenvalue weighted by Gasteiger charge is 2.29. The number of piperidine rings is 1. The molecule has 0 unspecified atom stereocenters. The summed E-state index contributed by atoms with van der Waals surface area (Å²) in [5.41, 5.74) is 2.16. The van der Waals surface area contributed by atoms with Crippen molar-refractivity contribution in [2.45, 2.75) is 68.8 Å². The van der Waals surface area contributed by atoms with Crippen LogP contribution in [-0.2, 0) is 16.9 Å². The number of likely N-dealkylation sites (tertiary alicyclic amines) is 1. The minimum Gasteiger partial charge on any atom is -0.488 e. The SMILES string of the molecule is CCNC(=O)N1CCC(c2ccc(Nc3ncc(Cl)c(Nc4cn(C)nc4S(=O)(=O)C(C)C)n3)c(OC3CC3)c2)CC1. The molecule has 0 radical (unpaired) electrons. The van der Waals surface area contributed by atoms with Crippen molar-refractivity contribution >= 4 is 50.6 Å². The Balaban J connectivity index is 1.35. The van der Waals surface area contributed by atoms with Crippen LogP contribution in [0.3, 0.4) is 0 Å². The fourth-order valence-corrected chi connectivity index (χ4v) is 6.03. The molecule has 3 N–H and O–H groups in total. The van der Waals surface area contributed by atoms with Crippen LogP contribution in [0.4, 0.5) is 27.9 Å². The van der Waals surface area contributed by atoms with Crippen molar-refractivity contribution in [3.05, 3.63) is 41.2 Å². The number of hydrogen-bond donors (Lipinski definition) is 3. The summed E-state index contributed by atoms with van der Waals surface area (Å²) in [7, 11) is -2.00. The lowest BCUT2D eigenvalue weighted by Crippen LogP contribution is -2.44. The van der Waals surface area contributed by atoms with Crippen molar-refractivity contribution in [3.63, 3.8) is 0 Å². The zero-order valence-electron chi connectivity index (χ0n) is 24.2. The Bertz CT molecular complexity index is 1550. The predicted molar refractivity (Wildman–Crippen MR) is 162 cm³/mol. The number of hydrogen-bond acceptors (Lipinski definition) is 9. The molecule has 42 heavy (non-hydrogen) atoms. The van der Waals surface area contributed by atoms with E-state index in [1.807, 2.05) is 17.9 Å². The fraction of sp³-hybridized carbons (Fsp3) is 0.500. The van der Waals surface area contributed by atoms with Gasteiger partial charge in [0.05, 0.1) is 28.9 Å². The van der Waals surface area contributed by atoms with Crippen molar-refractivity contribution in [1.82, 2.24) is 30.0 Å². The van der Waals surface area contributed by atoms with Gasteiger partial charge in [0, 0.05) is 32.9 Å². The first kappa shape index (κ1) is 29.9. The first-order valence-corrected chi connectivity index (χ1v) is 16.1. The van der Waals surface area contributed by atoms with Crippen LogP contribution in [0, 0.1) is 0 Å². The Morgan fingerprint density at radius 1 is 1.14 bits per heavy atom. The maximum atomic E-state index is 12.9. The van der Waals surface area contributed by atoms with Gasteiger partial charge in [-0.05, 0) is 70.1 Å². The zero-order chi connectivity index (χ0) is 30.0. The summed E-state index contributed by atoms with van der Waals surface area (Å²) in [5.74, 6) is 1.54. The molecule has 2 aliphatic rings. The summed E-state index contributed by atoms with van der Waals surface area (Å²) >= 11 is 6.40. The third-order valence-electron chi connectivity index (χ3n) is 7.33. The number of benzene rings is 1. The van der Waals surface area contributed by atoms with E-state index in [-0.39, 0.29) is 39.6 Å². The molecule has 2 amide bonds. The van der Waals surface area contributed by atoms with E-state index in [1.54, 1.807) is 27.1 Å². The smallest absolute Gasteiger partial charge is 0.317 e. The van der Waals surface area contributed by atoms with E-state index in [4.69, 9.17) is 16.3 Å². The Hall–Kier alpha value is -3.58. The largest absolute Gasteiger partial charge is 0.488 e. The van der Waals surface area contributed by atoms with Crippen LogP contribution < -0.4 is 20.7 Å². The first-order valence-electron chi connectivity index (χ1n) is 14.2. The number of carbonyl (C=O) groups is 1. The number of aryl methyl sites for hydroxylation is 1. The van der Waals surface area contributed by atoms with Gasteiger partial charge in [-0.25, -0.2) is 18.2 Å².